The van der Waals surface area contributed by atoms with Crippen LogP contribution in [-0.4, -0.2) is 20.5 Å². The first kappa shape index (κ1) is 16.1. The van der Waals surface area contributed by atoms with Gasteiger partial charge < -0.3 is 9.51 Å². The van der Waals surface area contributed by atoms with Crippen molar-refractivity contribution in [2.75, 3.05) is 0 Å². The number of hydrogen-bond donors (Lipinski definition) is 1. The molecule has 0 radical (unpaired) electrons. The van der Waals surface area contributed by atoms with Crippen molar-refractivity contribution in [1.82, 2.24) is 9.38 Å². The summed E-state index contributed by atoms with van der Waals surface area (Å²) in [5.41, 5.74) is 2.24. The van der Waals surface area contributed by atoms with E-state index in [9.17, 15) is 18.0 Å². The van der Waals surface area contributed by atoms with Gasteiger partial charge in [-0.3, -0.25) is 0 Å². The Labute approximate surface area is 145 Å². The van der Waals surface area contributed by atoms with E-state index in [1.165, 1.54) is 24.3 Å². The third-order valence-electron chi connectivity index (χ3n) is 4.19. The van der Waals surface area contributed by atoms with Crippen molar-refractivity contribution < 1.29 is 23.1 Å². The van der Waals surface area contributed by atoms with Crippen LogP contribution in [0.15, 0.2) is 60.8 Å². The maximum absolute atomic E-state index is 12.8. The number of fused-ring (bicyclic) bond motifs is 3. The maximum atomic E-state index is 12.8. The summed E-state index contributed by atoms with van der Waals surface area (Å²) in [5, 5.41) is 9.17. The van der Waals surface area contributed by atoms with Crippen LogP contribution < -0.4 is 0 Å². The van der Waals surface area contributed by atoms with Crippen LogP contribution in [0.4, 0.5) is 13.2 Å². The smallest absolute Gasteiger partial charge is 0.416 e. The highest BCUT2D eigenvalue weighted by Gasteiger charge is 2.30. The van der Waals surface area contributed by atoms with Gasteiger partial charge >= 0.3 is 12.1 Å². The van der Waals surface area contributed by atoms with Crippen molar-refractivity contribution in [2.24, 2.45) is 0 Å². The van der Waals surface area contributed by atoms with Crippen molar-refractivity contribution in [2.45, 2.75) is 6.18 Å². The van der Waals surface area contributed by atoms with Gasteiger partial charge in [-0.1, -0.05) is 12.1 Å². The molecule has 4 aromatic rings. The van der Waals surface area contributed by atoms with Gasteiger partial charge in [-0.15, -0.1) is 0 Å². The number of hydrogen-bond acceptors (Lipinski definition) is 2. The number of benzene rings is 2. The molecule has 0 aliphatic carbocycles. The second kappa shape index (κ2) is 5.59. The molecule has 0 saturated heterocycles. The lowest BCUT2D eigenvalue weighted by molar-refractivity contribution is -0.137. The molecule has 130 valence electrons. The monoisotopic (exact) mass is 356 g/mol. The molecule has 26 heavy (non-hydrogen) atoms. The summed E-state index contributed by atoms with van der Waals surface area (Å²) in [5.74, 6) is -1.07. The molecule has 0 atom stereocenters. The Morgan fingerprint density at radius 3 is 2.38 bits per heavy atom. The summed E-state index contributed by atoms with van der Waals surface area (Å²) in [4.78, 5) is 15.7. The number of aromatic nitrogens is 2. The lowest BCUT2D eigenvalue weighted by Gasteiger charge is -2.11. The van der Waals surface area contributed by atoms with Crippen LogP contribution in [0.25, 0.3) is 27.8 Å². The highest BCUT2D eigenvalue weighted by Crippen LogP contribution is 2.32. The van der Waals surface area contributed by atoms with E-state index in [2.05, 4.69) is 4.98 Å². The number of alkyl halides is 3. The van der Waals surface area contributed by atoms with Gasteiger partial charge in [0.2, 0.25) is 0 Å². The lowest BCUT2D eigenvalue weighted by atomic mass is 10.1. The van der Waals surface area contributed by atoms with E-state index in [1.807, 2.05) is 10.5 Å². The van der Waals surface area contributed by atoms with Crippen LogP contribution >= 0.6 is 0 Å². The van der Waals surface area contributed by atoms with Crippen LogP contribution in [0.3, 0.4) is 0 Å². The molecule has 0 aliphatic rings. The molecular formula is C19H11F3N2O2. The standard InChI is InChI=1S/C19H11F3N2O2/c20-19(21,22)13-6-3-11(4-7-13)17-16-2-1-9-24(16)15-8-5-12(18(25)26)10-14(15)23-17/h1-10H,(H,25,26). The van der Waals surface area contributed by atoms with Crippen molar-refractivity contribution in [3.63, 3.8) is 0 Å². The van der Waals surface area contributed by atoms with Gasteiger partial charge in [0.05, 0.1) is 33.4 Å². The maximum Gasteiger partial charge on any atom is 0.416 e. The number of nitrogens with zero attached hydrogens (tertiary/aromatic N) is 2. The fraction of sp³-hybridized carbons (Fsp3) is 0.0526. The minimum absolute atomic E-state index is 0.0925. The quantitative estimate of drug-likeness (QED) is 0.557. The van der Waals surface area contributed by atoms with E-state index in [0.29, 0.717) is 22.3 Å². The van der Waals surface area contributed by atoms with Crippen LogP contribution in [0.1, 0.15) is 15.9 Å². The topological polar surface area (TPSA) is 54.6 Å². The number of carboxylic acids is 1. The van der Waals surface area contributed by atoms with Gasteiger partial charge in [-0.05, 0) is 42.5 Å². The molecular weight excluding hydrogens is 345 g/mol. The SMILES string of the molecule is O=C(O)c1ccc2c(c1)nc(-c1ccc(C(F)(F)F)cc1)c1cccn12. The van der Waals surface area contributed by atoms with E-state index >= 15 is 0 Å². The summed E-state index contributed by atoms with van der Waals surface area (Å²) in [6.45, 7) is 0. The van der Waals surface area contributed by atoms with Crippen molar-refractivity contribution in [1.29, 1.82) is 0 Å². The molecule has 4 rings (SSSR count). The van der Waals surface area contributed by atoms with Crippen molar-refractivity contribution in [3.05, 3.63) is 71.9 Å². The molecule has 1 N–H and O–H groups in total. The largest absolute Gasteiger partial charge is 0.478 e. The molecule has 0 unspecified atom stereocenters. The second-order valence-corrected chi connectivity index (χ2v) is 5.81. The summed E-state index contributed by atoms with van der Waals surface area (Å²) in [6.07, 6.45) is -2.61. The summed E-state index contributed by atoms with van der Waals surface area (Å²) >= 11 is 0. The predicted molar refractivity (Wildman–Crippen MR) is 90.1 cm³/mol. The third kappa shape index (κ3) is 2.57. The van der Waals surface area contributed by atoms with Gasteiger partial charge in [0.15, 0.2) is 0 Å². The number of carboxylic acid groups (broad SMARTS) is 1. The molecule has 0 fully saturated rings. The molecule has 0 spiro atoms. The minimum atomic E-state index is -4.41. The van der Waals surface area contributed by atoms with Crippen LogP contribution in [0, 0.1) is 0 Å². The molecule has 2 heterocycles. The van der Waals surface area contributed by atoms with Gasteiger partial charge in [-0.2, -0.15) is 13.2 Å². The van der Waals surface area contributed by atoms with Crippen LogP contribution in [0.2, 0.25) is 0 Å². The Morgan fingerprint density at radius 2 is 1.73 bits per heavy atom. The number of carbonyl (C=O) groups is 1. The zero-order valence-electron chi connectivity index (χ0n) is 13.2. The first-order chi connectivity index (χ1) is 12.3. The summed E-state index contributed by atoms with van der Waals surface area (Å²) in [6, 6.07) is 13.0. The predicted octanol–water partition coefficient (Wildman–Crippen LogP) is 4.87. The summed E-state index contributed by atoms with van der Waals surface area (Å²) < 4.78 is 40.2. The first-order valence-electron chi connectivity index (χ1n) is 7.66. The van der Waals surface area contributed by atoms with Crippen molar-refractivity contribution >= 4 is 22.5 Å². The summed E-state index contributed by atoms with van der Waals surface area (Å²) in [7, 11) is 0. The number of aromatic carboxylic acids is 1. The van der Waals surface area contributed by atoms with E-state index in [0.717, 1.165) is 17.6 Å². The van der Waals surface area contributed by atoms with E-state index in [1.54, 1.807) is 18.3 Å². The zero-order chi connectivity index (χ0) is 18.5. The number of rotatable bonds is 2. The minimum Gasteiger partial charge on any atom is -0.478 e. The Morgan fingerprint density at radius 1 is 1.00 bits per heavy atom. The fourth-order valence-electron chi connectivity index (χ4n) is 2.94. The molecule has 2 aromatic carbocycles. The Bertz CT molecular complexity index is 1150. The molecule has 2 aromatic heterocycles. The Hall–Kier alpha value is -3.35. The Kier molecular flexibility index (Phi) is 3.47. The van der Waals surface area contributed by atoms with E-state index < -0.39 is 17.7 Å². The van der Waals surface area contributed by atoms with Gasteiger partial charge in [0.25, 0.3) is 0 Å². The highest BCUT2D eigenvalue weighted by atomic mass is 19.4. The van der Waals surface area contributed by atoms with Gasteiger partial charge in [0, 0.05) is 11.8 Å². The van der Waals surface area contributed by atoms with Crippen molar-refractivity contribution in [3.8, 4) is 11.3 Å². The van der Waals surface area contributed by atoms with E-state index in [-0.39, 0.29) is 5.56 Å². The van der Waals surface area contributed by atoms with Crippen LogP contribution in [0.5, 0.6) is 0 Å². The normalized spacial score (nSPS) is 12.0. The first-order valence-corrected chi connectivity index (χ1v) is 7.66. The average Bonchev–Trinajstić information content (AvgIpc) is 3.09. The molecule has 0 bridgehead atoms. The lowest BCUT2D eigenvalue weighted by Crippen LogP contribution is -2.04. The fourth-order valence-corrected chi connectivity index (χ4v) is 2.94. The van der Waals surface area contributed by atoms with Gasteiger partial charge in [-0.25, -0.2) is 9.78 Å². The van der Waals surface area contributed by atoms with Crippen LogP contribution in [-0.2, 0) is 6.18 Å². The third-order valence-corrected chi connectivity index (χ3v) is 4.19. The molecule has 7 heteroatoms. The average molecular weight is 356 g/mol. The molecule has 0 saturated carbocycles. The zero-order valence-corrected chi connectivity index (χ0v) is 13.2. The van der Waals surface area contributed by atoms with E-state index in [4.69, 9.17) is 5.11 Å². The molecule has 4 nitrogen and oxygen atoms in total. The molecule has 0 aliphatic heterocycles. The highest BCUT2D eigenvalue weighted by molar-refractivity contribution is 5.94. The Balaban J connectivity index is 1.95. The number of halogens is 3. The molecule has 0 amide bonds. The second-order valence-electron chi connectivity index (χ2n) is 5.81. The van der Waals surface area contributed by atoms with Gasteiger partial charge in [0.1, 0.15) is 0 Å².